The minimum absolute atomic E-state index is 0.0138. The lowest BCUT2D eigenvalue weighted by Crippen LogP contribution is -2.51. The van der Waals surface area contributed by atoms with Crippen LogP contribution in [0.3, 0.4) is 0 Å². The van der Waals surface area contributed by atoms with Gasteiger partial charge in [-0.15, -0.1) is 0 Å². The fourth-order valence-electron chi connectivity index (χ4n) is 3.99. The molecule has 1 aliphatic heterocycles. The third-order valence-electron chi connectivity index (χ3n) is 5.67. The topological polar surface area (TPSA) is 35.6 Å². The van der Waals surface area contributed by atoms with Crippen LogP contribution in [0.15, 0.2) is 78.9 Å². The summed E-state index contributed by atoms with van der Waals surface area (Å²) in [6.45, 7) is 2.50. The zero-order valence-corrected chi connectivity index (χ0v) is 17.2. The van der Waals surface area contributed by atoms with Crippen molar-refractivity contribution in [2.24, 2.45) is 0 Å². The molecule has 4 nitrogen and oxygen atoms in total. The van der Waals surface area contributed by atoms with E-state index in [1.54, 1.807) is 4.90 Å². The van der Waals surface area contributed by atoms with Gasteiger partial charge in [-0.2, -0.15) is 0 Å². The highest BCUT2D eigenvalue weighted by Crippen LogP contribution is 2.26. The minimum Gasteiger partial charge on any atom is -0.322 e. The number of carbonyl (C=O) groups is 1. The number of benzene rings is 3. The molecular formula is C25H25F2N3O. The summed E-state index contributed by atoms with van der Waals surface area (Å²) >= 11 is 0. The molecule has 6 heteroatoms. The Morgan fingerprint density at radius 1 is 0.871 bits per heavy atom. The molecule has 1 atom stereocenters. The molecule has 0 aliphatic carbocycles. The molecule has 2 amide bonds. The van der Waals surface area contributed by atoms with Crippen molar-refractivity contribution in [3.63, 3.8) is 0 Å². The van der Waals surface area contributed by atoms with E-state index in [0.29, 0.717) is 26.2 Å². The summed E-state index contributed by atoms with van der Waals surface area (Å²) in [6, 6.07) is 23.8. The van der Waals surface area contributed by atoms with Crippen LogP contribution in [-0.2, 0) is 6.42 Å². The van der Waals surface area contributed by atoms with Crippen molar-refractivity contribution < 1.29 is 13.6 Å². The quantitative estimate of drug-likeness (QED) is 0.622. The first-order valence-electron chi connectivity index (χ1n) is 10.4. The Hall–Kier alpha value is -3.25. The lowest BCUT2D eigenvalue weighted by molar-refractivity contribution is 0.112. The summed E-state index contributed by atoms with van der Waals surface area (Å²) in [5.74, 6) is -1.45. The van der Waals surface area contributed by atoms with Crippen molar-refractivity contribution in [3.8, 4) is 0 Å². The molecule has 1 N–H and O–H groups in total. The zero-order chi connectivity index (χ0) is 21.6. The van der Waals surface area contributed by atoms with E-state index in [4.69, 9.17) is 0 Å². The van der Waals surface area contributed by atoms with E-state index in [1.165, 1.54) is 17.2 Å². The number of anilines is 1. The van der Waals surface area contributed by atoms with Gasteiger partial charge in [-0.3, -0.25) is 4.90 Å². The third-order valence-corrected chi connectivity index (χ3v) is 5.67. The maximum absolute atomic E-state index is 13.9. The van der Waals surface area contributed by atoms with Crippen molar-refractivity contribution in [1.82, 2.24) is 9.80 Å². The smallest absolute Gasteiger partial charge is 0.322 e. The van der Waals surface area contributed by atoms with Crippen LogP contribution in [0, 0.1) is 11.6 Å². The van der Waals surface area contributed by atoms with Crippen molar-refractivity contribution in [2.75, 3.05) is 31.5 Å². The maximum atomic E-state index is 13.9. The SMILES string of the molecule is O=C(Nc1ccc(F)cc1F)N1CCN(C(Cc2ccccc2)c2ccccc2)CC1. The molecule has 1 heterocycles. The molecule has 1 saturated heterocycles. The molecule has 4 rings (SSSR count). The molecule has 1 aliphatic rings. The Morgan fingerprint density at radius 3 is 2.16 bits per heavy atom. The predicted molar refractivity (Wildman–Crippen MR) is 118 cm³/mol. The van der Waals surface area contributed by atoms with Crippen molar-refractivity contribution >= 4 is 11.7 Å². The molecular weight excluding hydrogens is 396 g/mol. The van der Waals surface area contributed by atoms with Gasteiger partial charge < -0.3 is 10.2 Å². The van der Waals surface area contributed by atoms with Crippen LogP contribution in [0.1, 0.15) is 17.2 Å². The highest BCUT2D eigenvalue weighted by molar-refractivity contribution is 5.89. The molecule has 0 saturated carbocycles. The second-order valence-corrected chi connectivity index (χ2v) is 7.69. The summed E-state index contributed by atoms with van der Waals surface area (Å²) in [5, 5.41) is 2.55. The molecule has 31 heavy (non-hydrogen) atoms. The number of carbonyl (C=O) groups excluding carboxylic acids is 1. The van der Waals surface area contributed by atoms with Gasteiger partial charge in [0.1, 0.15) is 11.6 Å². The monoisotopic (exact) mass is 421 g/mol. The summed E-state index contributed by atoms with van der Waals surface area (Å²) in [6.07, 6.45) is 0.887. The molecule has 3 aromatic carbocycles. The zero-order valence-electron chi connectivity index (χ0n) is 17.2. The number of nitrogens with one attached hydrogen (secondary N) is 1. The van der Waals surface area contributed by atoms with Crippen LogP contribution in [0.4, 0.5) is 19.3 Å². The van der Waals surface area contributed by atoms with Crippen LogP contribution in [-0.4, -0.2) is 42.0 Å². The highest BCUT2D eigenvalue weighted by Gasteiger charge is 2.27. The van der Waals surface area contributed by atoms with Gasteiger partial charge in [0.15, 0.2) is 0 Å². The summed E-state index contributed by atoms with van der Waals surface area (Å²) in [5.41, 5.74) is 2.50. The van der Waals surface area contributed by atoms with Crippen LogP contribution in [0.25, 0.3) is 0 Å². The number of rotatable bonds is 5. The van der Waals surface area contributed by atoms with E-state index >= 15 is 0 Å². The van der Waals surface area contributed by atoms with Gasteiger partial charge in [0.2, 0.25) is 0 Å². The molecule has 1 fully saturated rings. The van der Waals surface area contributed by atoms with Gasteiger partial charge in [0.05, 0.1) is 5.69 Å². The average molecular weight is 421 g/mol. The van der Waals surface area contributed by atoms with Crippen LogP contribution in [0.5, 0.6) is 0 Å². The minimum atomic E-state index is -0.779. The highest BCUT2D eigenvalue weighted by atomic mass is 19.1. The van der Waals surface area contributed by atoms with Gasteiger partial charge in [-0.25, -0.2) is 13.6 Å². The van der Waals surface area contributed by atoms with Gasteiger partial charge in [-0.05, 0) is 29.7 Å². The maximum Gasteiger partial charge on any atom is 0.322 e. The average Bonchev–Trinajstić information content (AvgIpc) is 2.81. The van der Waals surface area contributed by atoms with Crippen LogP contribution >= 0.6 is 0 Å². The number of piperazine rings is 1. The Kier molecular flexibility index (Phi) is 6.57. The van der Waals surface area contributed by atoms with E-state index in [2.05, 4.69) is 34.5 Å². The Morgan fingerprint density at radius 2 is 1.52 bits per heavy atom. The number of halogens is 2. The summed E-state index contributed by atoms with van der Waals surface area (Å²) in [7, 11) is 0. The number of nitrogens with zero attached hydrogens (tertiary/aromatic N) is 2. The van der Waals surface area contributed by atoms with Crippen LogP contribution in [0.2, 0.25) is 0 Å². The third kappa shape index (κ3) is 5.27. The first kappa shape index (κ1) is 21.0. The Bertz CT molecular complexity index is 1010. The lowest BCUT2D eigenvalue weighted by Gasteiger charge is -2.39. The number of urea groups is 1. The van der Waals surface area contributed by atoms with E-state index in [0.717, 1.165) is 18.6 Å². The van der Waals surface area contributed by atoms with E-state index in [-0.39, 0.29) is 17.8 Å². The van der Waals surface area contributed by atoms with E-state index < -0.39 is 11.6 Å². The van der Waals surface area contributed by atoms with Gasteiger partial charge in [0.25, 0.3) is 0 Å². The Labute approximate surface area is 181 Å². The lowest BCUT2D eigenvalue weighted by atomic mass is 9.96. The molecule has 3 aromatic rings. The standard InChI is InChI=1S/C25H25F2N3O/c26-21-11-12-23(22(27)18-21)28-25(31)30-15-13-29(14-16-30)24(20-9-5-2-6-10-20)17-19-7-3-1-4-8-19/h1-12,18,24H,13-17H2,(H,28,31). The van der Waals surface area contributed by atoms with Gasteiger partial charge >= 0.3 is 6.03 Å². The molecule has 0 bridgehead atoms. The van der Waals surface area contributed by atoms with Crippen molar-refractivity contribution in [1.29, 1.82) is 0 Å². The van der Waals surface area contributed by atoms with Gasteiger partial charge in [0, 0.05) is 38.3 Å². The largest absolute Gasteiger partial charge is 0.322 e. The number of amides is 2. The Balaban J connectivity index is 1.42. The fraction of sp³-hybridized carbons (Fsp3) is 0.240. The van der Waals surface area contributed by atoms with Crippen molar-refractivity contribution in [2.45, 2.75) is 12.5 Å². The first-order valence-corrected chi connectivity index (χ1v) is 10.4. The first-order chi connectivity index (χ1) is 15.1. The molecule has 0 aromatic heterocycles. The van der Waals surface area contributed by atoms with Crippen molar-refractivity contribution in [3.05, 3.63) is 102 Å². The summed E-state index contributed by atoms with van der Waals surface area (Å²) in [4.78, 5) is 16.6. The molecule has 1 unspecified atom stereocenters. The van der Waals surface area contributed by atoms with Gasteiger partial charge in [-0.1, -0.05) is 60.7 Å². The van der Waals surface area contributed by atoms with Crippen LogP contribution < -0.4 is 5.32 Å². The molecule has 0 radical (unpaired) electrons. The summed E-state index contributed by atoms with van der Waals surface area (Å²) < 4.78 is 26.9. The molecule has 160 valence electrons. The van der Waals surface area contributed by atoms with E-state index in [1.807, 2.05) is 36.4 Å². The predicted octanol–water partition coefficient (Wildman–Crippen LogP) is 5.10. The normalized spacial score (nSPS) is 15.5. The molecule has 0 spiro atoms. The second kappa shape index (κ2) is 9.71. The number of hydrogen-bond acceptors (Lipinski definition) is 2. The second-order valence-electron chi connectivity index (χ2n) is 7.69. The van der Waals surface area contributed by atoms with E-state index in [9.17, 15) is 13.6 Å². The number of hydrogen-bond donors (Lipinski definition) is 1. The fourth-order valence-corrected chi connectivity index (χ4v) is 3.99.